The maximum Gasteiger partial charge on any atom is 0.244 e. The van der Waals surface area contributed by atoms with Crippen molar-refractivity contribution < 1.29 is 16.8 Å². The smallest absolute Gasteiger partial charge is 0.244 e. The molecule has 1 unspecified atom stereocenters. The van der Waals surface area contributed by atoms with Gasteiger partial charge in [-0.2, -0.15) is 4.31 Å². The number of hydrogen-bond donors (Lipinski definition) is 1. The Morgan fingerprint density at radius 3 is 2.24 bits per heavy atom. The molecule has 0 saturated carbocycles. The molecule has 1 saturated heterocycles. The summed E-state index contributed by atoms with van der Waals surface area (Å²) < 4.78 is 50.1. The monoisotopic (exact) mass is 354 g/mol. The molecule has 1 N–H and O–H groups in total. The average molecular weight is 355 g/mol. The molecule has 1 aromatic rings. The summed E-state index contributed by atoms with van der Waals surface area (Å²) in [5.74, 6) is 0. The summed E-state index contributed by atoms with van der Waals surface area (Å²) in [5.41, 5.74) is 0. The van der Waals surface area contributed by atoms with Gasteiger partial charge in [0.1, 0.15) is 4.90 Å². The third-order valence-corrected chi connectivity index (χ3v) is 6.41. The Kier molecular flexibility index (Phi) is 5.79. The average Bonchev–Trinajstić information content (AvgIpc) is 2.38. The van der Waals surface area contributed by atoms with Crippen molar-refractivity contribution in [3.8, 4) is 0 Å². The molecule has 9 heteroatoms. The van der Waals surface area contributed by atoms with Gasteiger partial charge in [-0.3, -0.25) is 0 Å². The number of sulfone groups is 1. The predicted molar refractivity (Wildman–Crippen MR) is 83.0 cm³/mol. The summed E-state index contributed by atoms with van der Waals surface area (Å²) in [7, 11) is -7.38. The normalized spacial score (nSPS) is 20.8. The zero-order valence-electron chi connectivity index (χ0n) is 11.8. The van der Waals surface area contributed by atoms with E-state index in [1.807, 2.05) is 6.92 Å². The molecule has 0 radical (unpaired) electrons. The summed E-state index contributed by atoms with van der Waals surface area (Å²) in [6, 6.07) is 5.78. The summed E-state index contributed by atoms with van der Waals surface area (Å²) in [6.07, 6.45) is 1.02. The lowest BCUT2D eigenvalue weighted by atomic mass is 10.3. The summed E-state index contributed by atoms with van der Waals surface area (Å²) >= 11 is 0. The van der Waals surface area contributed by atoms with Crippen LogP contribution in [0.5, 0.6) is 0 Å². The van der Waals surface area contributed by atoms with E-state index in [2.05, 4.69) is 5.32 Å². The van der Waals surface area contributed by atoms with E-state index in [4.69, 9.17) is 0 Å². The summed E-state index contributed by atoms with van der Waals surface area (Å²) in [5, 5.41) is 3.16. The second-order valence-electron chi connectivity index (χ2n) is 4.94. The topological polar surface area (TPSA) is 83.6 Å². The molecule has 1 aliphatic rings. The van der Waals surface area contributed by atoms with E-state index in [-0.39, 0.29) is 28.2 Å². The molecule has 1 aromatic carbocycles. The van der Waals surface area contributed by atoms with Crippen LogP contribution in [-0.2, 0) is 19.9 Å². The molecule has 1 heterocycles. The van der Waals surface area contributed by atoms with Gasteiger partial charge >= 0.3 is 0 Å². The van der Waals surface area contributed by atoms with E-state index < -0.39 is 19.9 Å². The van der Waals surface area contributed by atoms with E-state index in [0.29, 0.717) is 19.6 Å². The maximum atomic E-state index is 12.6. The van der Waals surface area contributed by atoms with Gasteiger partial charge in [-0.1, -0.05) is 12.1 Å². The minimum Gasteiger partial charge on any atom is -0.312 e. The standard InChI is InChI=1S/C12H18N2O4S2.ClH/c1-10-9-14(8-7-13-10)20(17,18)12-6-4-3-5-11(12)19(2,15)16;/h3-6,10,13H,7-9H2,1-2H3;1H. The van der Waals surface area contributed by atoms with Gasteiger partial charge in [0.15, 0.2) is 9.84 Å². The van der Waals surface area contributed by atoms with Gasteiger partial charge in [0, 0.05) is 31.9 Å². The molecule has 0 bridgehead atoms. The Morgan fingerprint density at radius 1 is 1.14 bits per heavy atom. The van der Waals surface area contributed by atoms with Gasteiger partial charge in [-0.25, -0.2) is 16.8 Å². The molecule has 21 heavy (non-hydrogen) atoms. The molecular weight excluding hydrogens is 336 g/mol. The number of rotatable bonds is 3. The molecular formula is C12H19ClN2O4S2. The van der Waals surface area contributed by atoms with Crippen molar-refractivity contribution in [3.05, 3.63) is 24.3 Å². The Morgan fingerprint density at radius 2 is 1.71 bits per heavy atom. The van der Waals surface area contributed by atoms with Crippen LogP contribution in [0.1, 0.15) is 6.92 Å². The van der Waals surface area contributed by atoms with Gasteiger partial charge < -0.3 is 5.32 Å². The van der Waals surface area contributed by atoms with Crippen LogP contribution in [0, 0.1) is 0 Å². The molecule has 1 aliphatic heterocycles. The lowest BCUT2D eigenvalue weighted by Crippen LogP contribution is -2.51. The molecule has 0 amide bonds. The van der Waals surface area contributed by atoms with Crippen LogP contribution >= 0.6 is 12.4 Å². The van der Waals surface area contributed by atoms with Crippen LogP contribution in [0.4, 0.5) is 0 Å². The minimum absolute atomic E-state index is 0. The van der Waals surface area contributed by atoms with E-state index >= 15 is 0 Å². The summed E-state index contributed by atoms with van der Waals surface area (Å²) in [4.78, 5) is -0.289. The van der Waals surface area contributed by atoms with E-state index in [0.717, 1.165) is 6.26 Å². The Bertz CT molecular complexity index is 704. The number of benzene rings is 1. The molecule has 1 atom stereocenters. The predicted octanol–water partition coefficient (Wildman–Crippen LogP) is 0.494. The zero-order chi connectivity index (χ0) is 15.0. The fraction of sp³-hybridized carbons (Fsp3) is 0.500. The zero-order valence-corrected chi connectivity index (χ0v) is 14.3. The van der Waals surface area contributed by atoms with Crippen molar-refractivity contribution in [3.63, 3.8) is 0 Å². The molecule has 120 valence electrons. The van der Waals surface area contributed by atoms with Gasteiger partial charge in [0.2, 0.25) is 10.0 Å². The first-order chi connectivity index (χ1) is 9.23. The highest BCUT2D eigenvalue weighted by molar-refractivity contribution is 7.93. The Balaban J connectivity index is 0.00000220. The van der Waals surface area contributed by atoms with Gasteiger partial charge in [0.25, 0.3) is 0 Å². The molecule has 0 aromatic heterocycles. The van der Waals surface area contributed by atoms with E-state index in [1.165, 1.54) is 28.6 Å². The van der Waals surface area contributed by atoms with Crippen molar-refractivity contribution in [2.45, 2.75) is 22.8 Å². The molecule has 2 rings (SSSR count). The van der Waals surface area contributed by atoms with Crippen molar-refractivity contribution in [2.24, 2.45) is 0 Å². The number of nitrogens with one attached hydrogen (secondary N) is 1. The maximum absolute atomic E-state index is 12.6. The third-order valence-electron chi connectivity index (χ3n) is 3.20. The van der Waals surface area contributed by atoms with Crippen LogP contribution in [0.2, 0.25) is 0 Å². The first-order valence-corrected chi connectivity index (χ1v) is 9.58. The molecule has 6 nitrogen and oxygen atoms in total. The fourth-order valence-electron chi connectivity index (χ4n) is 2.22. The number of piperazine rings is 1. The Hall–Kier alpha value is -0.670. The second kappa shape index (κ2) is 6.62. The number of nitrogens with zero attached hydrogens (tertiary/aromatic N) is 1. The van der Waals surface area contributed by atoms with Crippen molar-refractivity contribution in [2.75, 3.05) is 25.9 Å². The van der Waals surface area contributed by atoms with E-state index in [1.54, 1.807) is 0 Å². The van der Waals surface area contributed by atoms with Crippen LogP contribution in [0.3, 0.4) is 0 Å². The van der Waals surface area contributed by atoms with Crippen LogP contribution in [0.25, 0.3) is 0 Å². The van der Waals surface area contributed by atoms with Crippen molar-refractivity contribution in [1.82, 2.24) is 9.62 Å². The minimum atomic E-state index is -3.79. The first kappa shape index (κ1) is 18.4. The number of hydrogen-bond acceptors (Lipinski definition) is 5. The molecule has 0 aliphatic carbocycles. The first-order valence-electron chi connectivity index (χ1n) is 6.25. The van der Waals surface area contributed by atoms with E-state index in [9.17, 15) is 16.8 Å². The van der Waals surface area contributed by atoms with Gasteiger partial charge in [0.05, 0.1) is 4.90 Å². The highest BCUT2D eigenvalue weighted by Crippen LogP contribution is 2.24. The molecule has 1 fully saturated rings. The van der Waals surface area contributed by atoms with Gasteiger partial charge in [-0.15, -0.1) is 12.4 Å². The SMILES string of the molecule is CC1CN(S(=O)(=O)c2ccccc2S(C)(=O)=O)CCN1.Cl. The largest absolute Gasteiger partial charge is 0.312 e. The van der Waals surface area contributed by atoms with Crippen molar-refractivity contribution >= 4 is 32.3 Å². The third kappa shape index (κ3) is 3.95. The molecule has 0 spiro atoms. The highest BCUT2D eigenvalue weighted by atomic mass is 35.5. The quantitative estimate of drug-likeness (QED) is 0.854. The number of halogens is 1. The highest BCUT2D eigenvalue weighted by Gasteiger charge is 2.32. The second-order valence-corrected chi connectivity index (χ2v) is 8.83. The van der Waals surface area contributed by atoms with Gasteiger partial charge in [-0.05, 0) is 19.1 Å². The lowest BCUT2D eigenvalue weighted by molar-refractivity contribution is 0.309. The van der Waals surface area contributed by atoms with Crippen LogP contribution < -0.4 is 5.32 Å². The number of sulfonamides is 1. The van der Waals surface area contributed by atoms with Crippen LogP contribution in [0.15, 0.2) is 34.1 Å². The summed E-state index contributed by atoms with van der Waals surface area (Å²) in [6.45, 7) is 3.12. The van der Waals surface area contributed by atoms with Crippen LogP contribution in [-0.4, -0.2) is 53.1 Å². The lowest BCUT2D eigenvalue weighted by Gasteiger charge is -2.31. The Labute approximate surface area is 131 Å². The van der Waals surface area contributed by atoms with Crippen molar-refractivity contribution in [1.29, 1.82) is 0 Å². The fourth-order valence-corrected chi connectivity index (χ4v) is 5.36.